The summed E-state index contributed by atoms with van der Waals surface area (Å²) in [6, 6.07) is 4.07. The molecule has 5 nitrogen and oxygen atoms in total. The molecule has 0 saturated heterocycles. The third kappa shape index (κ3) is 3.99. The number of carbonyl (C=O) groups excluding carboxylic acids is 1. The molecule has 3 aromatic heterocycles. The minimum Gasteiger partial charge on any atom is -0.355 e. The van der Waals surface area contributed by atoms with Crippen LogP contribution >= 0.6 is 22.7 Å². The summed E-state index contributed by atoms with van der Waals surface area (Å²) in [5.41, 5.74) is 0.747. The van der Waals surface area contributed by atoms with E-state index < -0.39 is 0 Å². The third-order valence-corrected chi connectivity index (χ3v) is 5.84. The molecule has 7 heteroatoms. The molecule has 0 spiro atoms. The Morgan fingerprint density at radius 2 is 2.16 bits per heavy atom. The van der Waals surface area contributed by atoms with Crippen LogP contribution in [0.25, 0.3) is 20.7 Å². The van der Waals surface area contributed by atoms with Crippen molar-refractivity contribution < 1.29 is 4.79 Å². The molecule has 3 aromatic rings. The Kier molecular flexibility index (Phi) is 5.34. The molecule has 0 bridgehead atoms. The lowest BCUT2D eigenvalue weighted by Gasteiger charge is -2.08. The van der Waals surface area contributed by atoms with Crippen LogP contribution in [-0.4, -0.2) is 22.0 Å². The smallest absolute Gasteiger partial charge is 0.263 e. The van der Waals surface area contributed by atoms with Crippen LogP contribution in [0, 0.1) is 12.8 Å². The number of fused-ring (bicyclic) bond motifs is 1. The molecule has 3 rings (SSSR count). The van der Waals surface area contributed by atoms with Gasteiger partial charge in [-0.3, -0.25) is 14.2 Å². The number of nitrogens with zero attached hydrogens (tertiary/aromatic N) is 2. The number of amides is 1. The number of rotatable bonds is 6. The second kappa shape index (κ2) is 7.49. The maximum Gasteiger partial charge on any atom is 0.263 e. The van der Waals surface area contributed by atoms with Crippen molar-refractivity contribution in [1.29, 1.82) is 0 Å². The average Bonchev–Trinajstić information content (AvgIpc) is 3.16. The van der Waals surface area contributed by atoms with E-state index in [4.69, 9.17) is 0 Å². The summed E-state index contributed by atoms with van der Waals surface area (Å²) >= 11 is 3.11. The van der Waals surface area contributed by atoms with Gasteiger partial charge in [0.2, 0.25) is 5.91 Å². The fourth-order valence-electron chi connectivity index (χ4n) is 2.55. The fourth-order valence-corrected chi connectivity index (χ4v) is 4.41. The molecule has 0 unspecified atom stereocenters. The zero-order valence-corrected chi connectivity index (χ0v) is 16.2. The summed E-state index contributed by atoms with van der Waals surface area (Å²) in [7, 11) is 0. The molecule has 1 N–H and O–H groups in total. The molecule has 0 aliphatic rings. The zero-order valence-electron chi connectivity index (χ0n) is 14.5. The Balaban J connectivity index is 1.87. The normalized spacial score (nSPS) is 11.4. The van der Waals surface area contributed by atoms with E-state index in [0.29, 0.717) is 22.7 Å². The lowest BCUT2D eigenvalue weighted by atomic mass is 10.1. The molecule has 25 heavy (non-hydrogen) atoms. The maximum absolute atomic E-state index is 12.9. The standard InChI is InChI=1S/C18H21N3O2S2/c1-11(2)6-7-19-15(22)8-21-10-20-17-16(18(21)23)13(9-24-17)14-5-4-12(3)25-14/h4-5,9-11H,6-8H2,1-3H3,(H,19,22). The number of nitrogens with one attached hydrogen (secondary N) is 1. The number of thiophene rings is 2. The largest absolute Gasteiger partial charge is 0.355 e. The molecular weight excluding hydrogens is 354 g/mol. The van der Waals surface area contributed by atoms with E-state index in [1.165, 1.54) is 27.1 Å². The molecule has 0 aliphatic carbocycles. The number of aryl methyl sites for hydroxylation is 1. The Hall–Kier alpha value is -1.99. The van der Waals surface area contributed by atoms with Gasteiger partial charge >= 0.3 is 0 Å². The fraction of sp³-hybridized carbons (Fsp3) is 0.389. The SMILES string of the molecule is Cc1ccc(-c2csc3ncn(CC(=O)NCCC(C)C)c(=O)c23)s1. The molecule has 3 heterocycles. The lowest BCUT2D eigenvalue weighted by Crippen LogP contribution is -2.33. The summed E-state index contributed by atoms with van der Waals surface area (Å²) in [5.74, 6) is 0.372. The topological polar surface area (TPSA) is 64.0 Å². The first-order valence-corrected chi connectivity index (χ1v) is 9.95. The van der Waals surface area contributed by atoms with Crippen molar-refractivity contribution in [3.8, 4) is 10.4 Å². The molecule has 0 atom stereocenters. The van der Waals surface area contributed by atoms with Crippen LogP contribution in [0.4, 0.5) is 0 Å². The van der Waals surface area contributed by atoms with Crippen LogP contribution < -0.4 is 10.9 Å². The highest BCUT2D eigenvalue weighted by Gasteiger charge is 2.15. The van der Waals surface area contributed by atoms with Crippen molar-refractivity contribution in [2.75, 3.05) is 6.54 Å². The van der Waals surface area contributed by atoms with E-state index in [-0.39, 0.29) is 18.0 Å². The molecule has 0 saturated carbocycles. The van der Waals surface area contributed by atoms with E-state index in [2.05, 4.69) is 24.1 Å². The molecule has 132 valence electrons. The molecule has 1 amide bonds. The van der Waals surface area contributed by atoms with Gasteiger partial charge in [-0.1, -0.05) is 13.8 Å². The Morgan fingerprint density at radius 1 is 1.36 bits per heavy atom. The van der Waals surface area contributed by atoms with Gasteiger partial charge < -0.3 is 5.32 Å². The minimum atomic E-state index is -0.161. The van der Waals surface area contributed by atoms with Crippen LogP contribution in [0.5, 0.6) is 0 Å². The minimum absolute atomic E-state index is 0.00137. The highest BCUT2D eigenvalue weighted by atomic mass is 32.1. The van der Waals surface area contributed by atoms with Crippen molar-refractivity contribution >= 4 is 38.8 Å². The van der Waals surface area contributed by atoms with Gasteiger partial charge in [-0.25, -0.2) is 4.98 Å². The van der Waals surface area contributed by atoms with E-state index in [1.54, 1.807) is 11.3 Å². The first kappa shape index (κ1) is 17.8. The molecular formula is C18H21N3O2S2. The zero-order chi connectivity index (χ0) is 18.0. The number of carbonyl (C=O) groups is 1. The van der Waals surface area contributed by atoms with Gasteiger partial charge in [-0.2, -0.15) is 0 Å². The van der Waals surface area contributed by atoms with E-state index in [9.17, 15) is 9.59 Å². The predicted octanol–water partition coefficient (Wildman–Crippen LogP) is 3.66. The van der Waals surface area contributed by atoms with Crippen LogP contribution in [0.3, 0.4) is 0 Å². The van der Waals surface area contributed by atoms with Gasteiger partial charge in [0, 0.05) is 27.2 Å². The Bertz CT molecular complexity index is 953. The van der Waals surface area contributed by atoms with Crippen LogP contribution in [0.1, 0.15) is 25.1 Å². The van der Waals surface area contributed by atoms with Gasteiger partial charge in [0.1, 0.15) is 11.4 Å². The third-order valence-electron chi connectivity index (χ3n) is 3.92. The van der Waals surface area contributed by atoms with Crippen LogP contribution in [0.15, 0.2) is 28.6 Å². The molecule has 0 fully saturated rings. The highest BCUT2D eigenvalue weighted by Crippen LogP contribution is 2.34. The van der Waals surface area contributed by atoms with Crippen molar-refractivity contribution in [1.82, 2.24) is 14.9 Å². The summed E-state index contributed by atoms with van der Waals surface area (Å²) in [4.78, 5) is 32.3. The summed E-state index contributed by atoms with van der Waals surface area (Å²) in [6.07, 6.45) is 2.39. The number of hydrogen-bond donors (Lipinski definition) is 1. The second-order valence-corrected chi connectivity index (χ2v) is 8.60. The maximum atomic E-state index is 12.9. The summed E-state index contributed by atoms with van der Waals surface area (Å²) in [6.45, 7) is 6.89. The summed E-state index contributed by atoms with van der Waals surface area (Å²) in [5, 5.41) is 5.43. The lowest BCUT2D eigenvalue weighted by molar-refractivity contribution is -0.121. The monoisotopic (exact) mass is 375 g/mol. The van der Waals surface area contributed by atoms with Gasteiger partial charge in [0.05, 0.1) is 11.7 Å². The van der Waals surface area contributed by atoms with E-state index in [0.717, 1.165) is 16.9 Å². The highest BCUT2D eigenvalue weighted by molar-refractivity contribution is 7.19. The van der Waals surface area contributed by atoms with Gasteiger partial charge in [-0.15, -0.1) is 22.7 Å². The van der Waals surface area contributed by atoms with Crippen molar-refractivity contribution in [2.24, 2.45) is 5.92 Å². The van der Waals surface area contributed by atoms with Gasteiger partial charge in [0.15, 0.2) is 0 Å². The molecule has 0 aromatic carbocycles. The predicted molar refractivity (Wildman–Crippen MR) is 104 cm³/mol. The average molecular weight is 376 g/mol. The number of aromatic nitrogens is 2. The molecule has 0 aliphatic heterocycles. The summed E-state index contributed by atoms with van der Waals surface area (Å²) < 4.78 is 1.39. The van der Waals surface area contributed by atoms with Crippen molar-refractivity contribution in [3.05, 3.63) is 39.1 Å². The quantitative estimate of drug-likeness (QED) is 0.715. The van der Waals surface area contributed by atoms with Crippen molar-refractivity contribution in [2.45, 2.75) is 33.7 Å². The Labute approximate surface area is 154 Å². The first-order valence-electron chi connectivity index (χ1n) is 8.26. The first-order chi connectivity index (χ1) is 12.0. The van der Waals surface area contributed by atoms with Crippen LogP contribution in [0.2, 0.25) is 0 Å². The van der Waals surface area contributed by atoms with E-state index in [1.807, 2.05) is 24.4 Å². The molecule has 0 radical (unpaired) electrons. The Morgan fingerprint density at radius 3 is 2.84 bits per heavy atom. The van der Waals surface area contributed by atoms with Gasteiger partial charge in [-0.05, 0) is 31.4 Å². The second-order valence-electron chi connectivity index (χ2n) is 6.45. The van der Waals surface area contributed by atoms with Crippen molar-refractivity contribution in [3.63, 3.8) is 0 Å². The van der Waals surface area contributed by atoms with Gasteiger partial charge in [0.25, 0.3) is 5.56 Å². The van der Waals surface area contributed by atoms with E-state index >= 15 is 0 Å². The van der Waals surface area contributed by atoms with Crippen LogP contribution in [-0.2, 0) is 11.3 Å². The number of hydrogen-bond acceptors (Lipinski definition) is 5.